The van der Waals surface area contributed by atoms with Crippen molar-refractivity contribution in [1.29, 1.82) is 0 Å². The van der Waals surface area contributed by atoms with Crippen molar-refractivity contribution < 1.29 is 4.74 Å². The van der Waals surface area contributed by atoms with Crippen LogP contribution >= 0.6 is 15.9 Å². The van der Waals surface area contributed by atoms with Crippen molar-refractivity contribution in [3.63, 3.8) is 0 Å². The van der Waals surface area contributed by atoms with Crippen LogP contribution in [0.3, 0.4) is 0 Å². The molecule has 0 saturated carbocycles. The molecule has 0 bridgehead atoms. The number of rotatable bonds is 1. The van der Waals surface area contributed by atoms with Crippen LogP contribution in [0.5, 0.6) is 5.75 Å². The molecule has 0 aliphatic rings. The van der Waals surface area contributed by atoms with Crippen LogP contribution in [-0.4, -0.2) is 11.7 Å². The van der Waals surface area contributed by atoms with Gasteiger partial charge in [0.2, 0.25) is 0 Å². The summed E-state index contributed by atoms with van der Waals surface area (Å²) >= 11 is 3.34. The molecule has 1 aromatic carbocycles. The minimum Gasteiger partial charge on any atom is -0.497 e. The van der Waals surface area contributed by atoms with E-state index in [0.717, 1.165) is 15.7 Å². The summed E-state index contributed by atoms with van der Waals surface area (Å²) in [5.41, 5.74) is -0.0120. The number of halogens is 1. The average molecular weight is 268 g/mol. The molecule has 0 atom stereocenters. The molecule has 0 spiro atoms. The molecule has 78 valence electrons. The maximum atomic E-state index is 11.8. The Labute approximate surface area is 95.4 Å². The highest BCUT2D eigenvalue weighted by molar-refractivity contribution is 9.10. The monoisotopic (exact) mass is 267 g/mol. The third-order valence-corrected chi connectivity index (χ3v) is 3.15. The van der Waals surface area contributed by atoms with E-state index in [0.29, 0.717) is 5.39 Å². The van der Waals surface area contributed by atoms with E-state index in [-0.39, 0.29) is 5.56 Å². The maximum absolute atomic E-state index is 11.8. The molecule has 0 radical (unpaired) electrons. The number of pyridine rings is 1. The quantitative estimate of drug-likeness (QED) is 0.743. The summed E-state index contributed by atoms with van der Waals surface area (Å²) in [6.07, 6.45) is 0. The highest BCUT2D eigenvalue weighted by atomic mass is 79.9. The second kappa shape index (κ2) is 3.70. The summed E-state index contributed by atoms with van der Waals surface area (Å²) in [6.45, 7) is 0. The van der Waals surface area contributed by atoms with Crippen LogP contribution in [-0.2, 0) is 7.05 Å². The van der Waals surface area contributed by atoms with Gasteiger partial charge in [-0.1, -0.05) is 0 Å². The Balaban J connectivity index is 2.86. The SMILES string of the molecule is COc1ccc2c(=O)n(C)c(Br)cc2c1. The predicted molar refractivity (Wildman–Crippen MR) is 63.4 cm³/mol. The number of ether oxygens (including phenoxy) is 1. The third kappa shape index (κ3) is 1.65. The van der Waals surface area contributed by atoms with Crippen molar-refractivity contribution in [2.45, 2.75) is 0 Å². The lowest BCUT2D eigenvalue weighted by molar-refractivity contribution is 0.415. The van der Waals surface area contributed by atoms with Crippen LogP contribution in [0.1, 0.15) is 0 Å². The standard InChI is InChI=1S/C11H10BrNO2/c1-13-10(12)6-7-5-8(15-2)3-4-9(7)11(13)14/h3-6H,1-2H3. The Bertz CT molecular complexity index is 575. The van der Waals surface area contributed by atoms with E-state index in [1.165, 1.54) is 0 Å². The van der Waals surface area contributed by atoms with Crippen LogP contribution in [0.15, 0.2) is 33.7 Å². The van der Waals surface area contributed by atoms with Crippen molar-refractivity contribution in [3.05, 3.63) is 39.2 Å². The molecule has 3 nitrogen and oxygen atoms in total. The van der Waals surface area contributed by atoms with Crippen LogP contribution < -0.4 is 10.3 Å². The van der Waals surface area contributed by atoms with Crippen molar-refractivity contribution >= 4 is 26.7 Å². The van der Waals surface area contributed by atoms with Gasteiger partial charge < -0.3 is 9.30 Å². The lowest BCUT2D eigenvalue weighted by Gasteiger charge is -2.06. The largest absolute Gasteiger partial charge is 0.497 e. The minimum atomic E-state index is -0.0120. The smallest absolute Gasteiger partial charge is 0.259 e. The number of hydrogen-bond donors (Lipinski definition) is 0. The number of nitrogens with zero attached hydrogens (tertiary/aromatic N) is 1. The van der Waals surface area contributed by atoms with E-state index in [1.807, 2.05) is 12.1 Å². The molecule has 0 fully saturated rings. The molecular weight excluding hydrogens is 258 g/mol. The Morgan fingerprint density at radius 3 is 2.73 bits per heavy atom. The van der Waals surface area contributed by atoms with Crippen molar-refractivity contribution in [2.75, 3.05) is 7.11 Å². The van der Waals surface area contributed by atoms with E-state index < -0.39 is 0 Å². The summed E-state index contributed by atoms with van der Waals surface area (Å²) in [7, 11) is 3.34. The molecule has 0 aliphatic carbocycles. The molecule has 2 rings (SSSR count). The predicted octanol–water partition coefficient (Wildman–Crippen LogP) is 2.31. The van der Waals surface area contributed by atoms with Crippen molar-refractivity contribution in [3.8, 4) is 5.75 Å². The zero-order valence-corrected chi connectivity index (χ0v) is 10.0. The van der Waals surface area contributed by atoms with Gasteiger partial charge in [-0.15, -0.1) is 0 Å². The highest BCUT2D eigenvalue weighted by Crippen LogP contribution is 2.20. The van der Waals surface area contributed by atoms with Crippen LogP contribution in [0.4, 0.5) is 0 Å². The summed E-state index contributed by atoms with van der Waals surface area (Å²) in [5, 5.41) is 1.57. The molecule has 0 saturated heterocycles. The van der Waals surface area contributed by atoms with Gasteiger partial charge in [-0.25, -0.2) is 0 Å². The second-order valence-corrected chi connectivity index (χ2v) is 4.10. The molecular formula is C11H10BrNO2. The van der Waals surface area contributed by atoms with Gasteiger partial charge in [0.15, 0.2) is 0 Å². The van der Waals surface area contributed by atoms with Gasteiger partial charge in [0.1, 0.15) is 5.75 Å². The summed E-state index contributed by atoms with van der Waals surface area (Å²) < 4.78 is 7.43. The normalized spacial score (nSPS) is 10.6. The second-order valence-electron chi connectivity index (χ2n) is 3.28. The lowest BCUT2D eigenvalue weighted by Crippen LogP contribution is -2.17. The maximum Gasteiger partial charge on any atom is 0.259 e. The molecule has 1 aromatic heterocycles. The van der Waals surface area contributed by atoms with Gasteiger partial charge in [0.05, 0.1) is 11.7 Å². The molecule has 1 heterocycles. The first-order valence-corrected chi connectivity index (χ1v) is 5.26. The topological polar surface area (TPSA) is 31.2 Å². The zero-order chi connectivity index (χ0) is 11.0. The number of hydrogen-bond acceptors (Lipinski definition) is 2. The van der Waals surface area contributed by atoms with E-state index >= 15 is 0 Å². The molecule has 0 aliphatic heterocycles. The zero-order valence-electron chi connectivity index (χ0n) is 8.45. The fourth-order valence-corrected chi connectivity index (χ4v) is 1.89. The van der Waals surface area contributed by atoms with Gasteiger partial charge >= 0.3 is 0 Å². The Morgan fingerprint density at radius 2 is 2.07 bits per heavy atom. The number of methoxy groups -OCH3 is 1. The van der Waals surface area contributed by atoms with E-state index in [9.17, 15) is 4.79 Å². The Hall–Kier alpha value is -1.29. The highest BCUT2D eigenvalue weighted by Gasteiger charge is 2.04. The first-order chi connectivity index (χ1) is 7.13. The average Bonchev–Trinajstić information content (AvgIpc) is 2.25. The van der Waals surface area contributed by atoms with Gasteiger partial charge in [-0.2, -0.15) is 0 Å². The number of benzene rings is 1. The Kier molecular flexibility index (Phi) is 2.52. The molecule has 0 unspecified atom stereocenters. The summed E-state index contributed by atoms with van der Waals surface area (Å²) in [4.78, 5) is 11.8. The fraction of sp³-hybridized carbons (Fsp3) is 0.182. The third-order valence-electron chi connectivity index (χ3n) is 2.39. The minimum absolute atomic E-state index is 0.0120. The molecule has 0 amide bonds. The van der Waals surface area contributed by atoms with Gasteiger partial charge in [-0.05, 0) is 45.6 Å². The Morgan fingerprint density at radius 1 is 1.33 bits per heavy atom. The first-order valence-electron chi connectivity index (χ1n) is 4.47. The first kappa shape index (κ1) is 10.2. The van der Waals surface area contributed by atoms with Crippen LogP contribution in [0.25, 0.3) is 10.8 Å². The van der Waals surface area contributed by atoms with Crippen LogP contribution in [0.2, 0.25) is 0 Å². The van der Waals surface area contributed by atoms with Gasteiger partial charge in [-0.3, -0.25) is 4.79 Å². The van der Waals surface area contributed by atoms with E-state index in [4.69, 9.17) is 4.74 Å². The number of fused-ring (bicyclic) bond motifs is 1. The lowest BCUT2D eigenvalue weighted by atomic mass is 10.1. The van der Waals surface area contributed by atoms with Gasteiger partial charge in [0, 0.05) is 12.4 Å². The number of aromatic nitrogens is 1. The molecule has 2 aromatic rings. The molecule has 15 heavy (non-hydrogen) atoms. The van der Waals surface area contributed by atoms with E-state index in [1.54, 1.807) is 30.9 Å². The molecule has 4 heteroatoms. The summed E-state index contributed by atoms with van der Waals surface area (Å²) in [6, 6.07) is 7.32. The van der Waals surface area contributed by atoms with Crippen LogP contribution in [0, 0.1) is 0 Å². The van der Waals surface area contributed by atoms with E-state index in [2.05, 4.69) is 15.9 Å². The molecule has 0 N–H and O–H groups in total. The fourth-order valence-electron chi connectivity index (χ4n) is 1.48. The van der Waals surface area contributed by atoms with Crippen molar-refractivity contribution in [1.82, 2.24) is 4.57 Å². The van der Waals surface area contributed by atoms with Crippen molar-refractivity contribution in [2.24, 2.45) is 7.05 Å². The van der Waals surface area contributed by atoms with Gasteiger partial charge in [0.25, 0.3) is 5.56 Å². The summed E-state index contributed by atoms with van der Waals surface area (Å²) in [5.74, 6) is 0.752.